The van der Waals surface area contributed by atoms with Gasteiger partial charge < -0.3 is 10.6 Å². The maximum Gasteiger partial charge on any atom is 0.326 e. The first kappa shape index (κ1) is 10.4. The molecule has 16 heavy (non-hydrogen) atoms. The van der Waals surface area contributed by atoms with Crippen LogP contribution in [0.1, 0.15) is 12.0 Å². The van der Waals surface area contributed by atoms with E-state index in [-0.39, 0.29) is 6.23 Å². The number of nitrogens with two attached hydrogens (primary N) is 1. The van der Waals surface area contributed by atoms with Crippen LogP contribution in [0.15, 0.2) is 35.5 Å². The van der Waals surface area contributed by atoms with Crippen molar-refractivity contribution >= 4 is 11.7 Å². The molecule has 0 spiro atoms. The fourth-order valence-corrected chi connectivity index (χ4v) is 1.41. The SMILES string of the molecule is NC(=O)NNC1CC(c2ccccc2)=NO1. The number of primary amides is 1. The van der Waals surface area contributed by atoms with Crippen molar-refractivity contribution in [2.45, 2.75) is 12.6 Å². The molecule has 6 heteroatoms. The van der Waals surface area contributed by atoms with E-state index in [4.69, 9.17) is 10.6 Å². The van der Waals surface area contributed by atoms with Gasteiger partial charge in [0, 0.05) is 6.42 Å². The molecular weight excluding hydrogens is 208 g/mol. The van der Waals surface area contributed by atoms with E-state index in [2.05, 4.69) is 16.0 Å². The first-order valence-electron chi connectivity index (χ1n) is 4.85. The molecule has 84 valence electrons. The number of carbonyl (C=O) groups is 1. The third kappa shape index (κ3) is 2.48. The van der Waals surface area contributed by atoms with Gasteiger partial charge in [-0.25, -0.2) is 4.79 Å². The third-order valence-electron chi connectivity index (χ3n) is 2.13. The molecule has 0 aliphatic carbocycles. The zero-order chi connectivity index (χ0) is 11.4. The molecule has 6 nitrogen and oxygen atoms in total. The molecule has 4 N–H and O–H groups in total. The number of carbonyl (C=O) groups excluding carboxylic acids is 1. The van der Waals surface area contributed by atoms with Gasteiger partial charge in [0.2, 0.25) is 6.23 Å². The number of hydrogen-bond acceptors (Lipinski definition) is 4. The molecule has 0 radical (unpaired) electrons. The van der Waals surface area contributed by atoms with Crippen LogP contribution in [0.3, 0.4) is 0 Å². The quantitative estimate of drug-likeness (QED) is 0.640. The molecule has 1 unspecified atom stereocenters. The summed E-state index contributed by atoms with van der Waals surface area (Å²) in [5, 5.41) is 3.93. The Morgan fingerprint density at radius 2 is 2.19 bits per heavy atom. The number of oxime groups is 1. The number of nitrogens with one attached hydrogen (secondary N) is 2. The highest BCUT2D eigenvalue weighted by molar-refractivity contribution is 6.01. The van der Waals surface area contributed by atoms with E-state index in [0.29, 0.717) is 6.42 Å². The van der Waals surface area contributed by atoms with Crippen LogP contribution < -0.4 is 16.6 Å². The van der Waals surface area contributed by atoms with Gasteiger partial charge in [-0.05, 0) is 5.56 Å². The van der Waals surface area contributed by atoms with Crippen LogP contribution in [0.5, 0.6) is 0 Å². The largest absolute Gasteiger partial charge is 0.374 e. The topological polar surface area (TPSA) is 88.7 Å². The minimum absolute atomic E-state index is 0.372. The molecule has 0 fully saturated rings. The molecule has 0 bridgehead atoms. The van der Waals surface area contributed by atoms with Crippen molar-refractivity contribution in [2.24, 2.45) is 10.9 Å². The first-order valence-corrected chi connectivity index (χ1v) is 4.85. The molecular formula is C10H12N4O2. The second-order valence-corrected chi connectivity index (χ2v) is 3.34. The Hall–Kier alpha value is -2.08. The van der Waals surface area contributed by atoms with Gasteiger partial charge in [0.1, 0.15) is 0 Å². The number of amides is 2. The summed E-state index contributed by atoms with van der Waals surface area (Å²) in [6.45, 7) is 0. The first-order chi connectivity index (χ1) is 7.75. The van der Waals surface area contributed by atoms with Crippen LogP contribution in [0.2, 0.25) is 0 Å². The molecule has 2 rings (SSSR count). The molecule has 2 amide bonds. The predicted molar refractivity (Wildman–Crippen MR) is 58.3 cm³/mol. The molecule has 1 aliphatic heterocycles. The van der Waals surface area contributed by atoms with Crippen LogP contribution in [0.25, 0.3) is 0 Å². The molecule has 0 saturated carbocycles. The summed E-state index contributed by atoms with van der Waals surface area (Å²) in [7, 11) is 0. The van der Waals surface area contributed by atoms with Crippen molar-refractivity contribution in [1.82, 2.24) is 10.9 Å². The number of nitrogens with zero attached hydrogens (tertiary/aromatic N) is 1. The molecule has 1 atom stereocenters. The van der Waals surface area contributed by atoms with Crippen molar-refractivity contribution in [3.8, 4) is 0 Å². The number of urea groups is 1. The number of benzene rings is 1. The van der Waals surface area contributed by atoms with Crippen LogP contribution in [-0.4, -0.2) is 18.0 Å². The summed E-state index contributed by atoms with van der Waals surface area (Å²) in [6.07, 6.45) is 0.201. The van der Waals surface area contributed by atoms with E-state index in [1.165, 1.54) is 0 Å². The lowest BCUT2D eigenvalue weighted by atomic mass is 10.1. The lowest BCUT2D eigenvalue weighted by Crippen LogP contribution is -2.46. The van der Waals surface area contributed by atoms with Crippen LogP contribution in [0, 0.1) is 0 Å². The fourth-order valence-electron chi connectivity index (χ4n) is 1.41. The number of hydrazine groups is 1. The monoisotopic (exact) mass is 220 g/mol. The normalized spacial score (nSPS) is 18.8. The van der Waals surface area contributed by atoms with E-state index in [1.54, 1.807) is 0 Å². The van der Waals surface area contributed by atoms with Crippen LogP contribution >= 0.6 is 0 Å². The molecule has 0 saturated heterocycles. The molecule has 1 aromatic rings. The molecule has 1 aliphatic rings. The summed E-state index contributed by atoms with van der Waals surface area (Å²) in [5.74, 6) is 0. The molecule has 0 aromatic heterocycles. The Bertz CT molecular complexity index is 405. The Morgan fingerprint density at radius 3 is 2.88 bits per heavy atom. The fraction of sp³-hybridized carbons (Fsp3) is 0.200. The highest BCUT2D eigenvalue weighted by Crippen LogP contribution is 2.14. The van der Waals surface area contributed by atoms with Crippen molar-refractivity contribution < 1.29 is 9.63 Å². The van der Waals surface area contributed by atoms with Gasteiger partial charge in [-0.15, -0.1) is 0 Å². The summed E-state index contributed by atoms with van der Waals surface area (Å²) >= 11 is 0. The van der Waals surface area contributed by atoms with Crippen molar-refractivity contribution in [3.05, 3.63) is 35.9 Å². The van der Waals surface area contributed by atoms with E-state index >= 15 is 0 Å². The Kier molecular flexibility index (Phi) is 3.02. The Morgan fingerprint density at radius 1 is 1.44 bits per heavy atom. The smallest absolute Gasteiger partial charge is 0.326 e. The van der Waals surface area contributed by atoms with Gasteiger partial charge in [0.05, 0.1) is 5.71 Å². The van der Waals surface area contributed by atoms with Gasteiger partial charge in [-0.2, -0.15) is 5.43 Å². The van der Waals surface area contributed by atoms with Gasteiger partial charge in [0.15, 0.2) is 0 Å². The maximum atomic E-state index is 10.5. The van der Waals surface area contributed by atoms with E-state index < -0.39 is 6.03 Å². The predicted octanol–water partition coefficient (Wildman–Crippen LogP) is 0.310. The van der Waals surface area contributed by atoms with Crippen molar-refractivity contribution in [1.29, 1.82) is 0 Å². The standard InChI is InChI=1S/C10H12N4O2/c11-10(15)13-12-9-6-8(14-16-9)7-4-2-1-3-5-7/h1-5,9,12H,6H2,(H3,11,13,15). The highest BCUT2D eigenvalue weighted by Gasteiger charge is 2.21. The zero-order valence-electron chi connectivity index (χ0n) is 8.51. The Labute approximate surface area is 92.4 Å². The average molecular weight is 220 g/mol. The lowest BCUT2D eigenvalue weighted by molar-refractivity contribution is 0.0518. The van der Waals surface area contributed by atoms with Crippen molar-refractivity contribution in [3.63, 3.8) is 0 Å². The lowest BCUT2D eigenvalue weighted by Gasteiger charge is -2.09. The van der Waals surface area contributed by atoms with E-state index in [9.17, 15) is 4.79 Å². The highest BCUT2D eigenvalue weighted by atomic mass is 16.7. The number of hydrogen-bond donors (Lipinski definition) is 3. The Balaban J connectivity index is 1.90. The summed E-state index contributed by atoms with van der Waals surface area (Å²) in [6, 6.07) is 9.04. The second-order valence-electron chi connectivity index (χ2n) is 3.34. The maximum absolute atomic E-state index is 10.5. The summed E-state index contributed by atoms with van der Waals surface area (Å²) in [5.41, 5.74) is 11.6. The van der Waals surface area contributed by atoms with Crippen LogP contribution in [-0.2, 0) is 4.84 Å². The van der Waals surface area contributed by atoms with Crippen LogP contribution in [0.4, 0.5) is 4.79 Å². The minimum atomic E-state index is -0.656. The van der Waals surface area contributed by atoms with Crippen molar-refractivity contribution in [2.75, 3.05) is 0 Å². The van der Waals surface area contributed by atoms with Gasteiger partial charge in [-0.3, -0.25) is 5.43 Å². The summed E-state index contributed by atoms with van der Waals surface area (Å²) < 4.78 is 0. The zero-order valence-corrected chi connectivity index (χ0v) is 8.51. The molecule has 1 heterocycles. The second kappa shape index (κ2) is 4.63. The van der Waals surface area contributed by atoms with E-state index in [0.717, 1.165) is 11.3 Å². The molecule has 1 aromatic carbocycles. The average Bonchev–Trinajstić information content (AvgIpc) is 2.76. The van der Waals surface area contributed by atoms with E-state index in [1.807, 2.05) is 30.3 Å². The summed E-state index contributed by atoms with van der Waals surface area (Å²) in [4.78, 5) is 15.5. The number of rotatable bonds is 3. The minimum Gasteiger partial charge on any atom is -0.374 e. The third-order valence-corrected chi connectivity index (χ3v) is 2.13. The van der Waals surface area contributed by atoms with Gasteiger partial charge in [-0.1, -0.05) is 35.5 Å². The van der Waals surface area contributed by atoms with Gasteiger partial charge >= 0.3 is 6.03 Å². The van der Waals surface area contributed by atoms with Gasteiger partial charge in [0.25, 0.3) is 0 Å².